The van der Waals surface area contributed by atoms with Crippen LogP contribution in [0.1, 0.15) is 13.8 Å². The van der Waals surface area contributed by atoms with Crippen LogP contribution < -0.4 is 0 Å². The van der Waals surface area contributed by atoms with E-state index in [0.29, 0.717) is 0 Å². The zero-order chi connectivity index (χ0) is 7.28. The molecule has 0 fully saturated rings. The molecule has 0 spiro atoms. The highest BCUT2D eigenvalue weighted by Crippen LogP contribution is 1.96. The van der Waals surface area contributed by atoms with Crippen molar-refractivity contribution < 1.29 is 0 Å². The maximum absolute atomic E-state index is 5.46. The van der Waals surface area contributed by atoms with Gasteiger partial charge in [0, 0.05) is 12.1 Å². The van der Waals surface area contributed by atoms with Gasteiger partial charge >= 0.3 is 0 Å². The van der Waals surface area contributed by atoms with E-state index in [4.69, 9.17) is 11.6 Å². The Morgan fingerprint density at radius 1 is 1.67 bits per heavy atom. The molecule has 0 aromatic heterocycles. The summed E-state index contributed by atoms with van der Waals surface area (Å²) in [4.78, 5) is 2.20. The molecule has 0 unspecified atom stereocenters. The van der Waals surface area contributed by atoms with Gasteiger partial charge in [0.1, 0.15) is 0 Å². The van der Waals surface area contributed by atoms with Gasteiger partial charge < -0.3 is 4.90 Å². The second-order valence-electron chi connectivity index (χ2n) is 2.29. The van der Waals surface area contributed by atoms with Crippen LogP contribution in [0.2, 0.25) is 0 Å². The summed E-state index contributed by atoms with van der Waals surface area (Å²) < 4.78 is 0. The molecule has 0 bridgehead atoms. The second kappa shape index (κ2) is 4.83. The van der Waals surface area contributed by atoms with E-state index < -0.39 is 0 Å². The third kappa shape index (κ3) is 4.49. The van der Waals surface area contributed by atoms with E-state index in [1.54, 1.807) is 5.54 Å². The Hall–Kier alpha value is -0.0100. The van der Waals surface area contributed by atoms with Crippen LogP contribution in [0.15, 0.2) is 11.1 Å². The first-order chi connectivity index (χ1) is 4.20. The molecule has 0 N–H and O–H groups in total. The molecule has 0 saturated heterocycles. The molecule has 0 aliphatic heterocycles. The first-order valence-electron chi connectivity index (χ1n) is 3.15. The summed E-state index contributed by atoms with van der Waals surface area (Å²) in [5.74, 6) is 0. The van der Waals surface area contributed by atoms with Crippen molar-refractivity contribution in [3.63, 3.8) is 0 Å². The molecular weight excluding hydrogens is 134 g/mol. The summed E-state index contributed by atoms with van der Waals surface area (Å²) in [5.41, 5.74) is 2.84. The largest absolute Gasteiger partial charge is 0.303 e. The van der Waals surface area contributed by atoms with Crippen LogP contribution in [0.3, 0.4) is 0 Å². The Balaban J connectivity index is 3.47. The summed E-state index contributed by atoms with van der Waals surface area (Å²) in [6.07, 6.45) is 0. The predicted octanol–water partition coefficient (Wildman–Crippen LogP) is 2.08. The average Bonchev–Trinajstić information content (AvgIpc) is 1.87. The van der Waals surface area contributed by atoms with Gasteiger partial charge in [-0.05, 0) is 26.1 Å². The number of hydrogen-bond acceptors (Lipinski definition) is 1. The van der Waals surface area contributed by atoms with Crippen LogP contribution in [0, 0.1) is 0 Å². The fourth-order valence-electron chi connectivity index (χ4n) is 0.572. The van der Waals surface area contributed by atoms with E-state index >= 15 is 0 Å². The van der Waals surface area contributed by atoms with Crippen LogP contribution in [-0.2, 0) is 0 Å². The Labute approximate surface area is 62.3 Å². The van der Waals surface area contributed by atoms with Gasteiger partial charge in [-0.3, -0.25) is 0 Å². The van der Waals surface area contributed by atoms with E-state index in [2.05, 4.69) is 18.9 Å². The summed E-state index contributed by atoms with van der Waals surface area (Å²) in [7, 11) is 2.07. The lowest BCUT2D eigenvalue weighted by atomic mass is 10.3. The Bertz CT molecular complexity index is 99.1. The minimum Gasteiger partial charge on any atom is -0.303 e. The lowest BCUT2D eigenvalue weighted by Gasteiger charge is -2.12. The molecule has 0 atom stereocenters. The zero-order valence-electron chi connectivity index (χ0n) is 6.32. The van der Waals surface area contributed by atoms with Crippen molar-refractivity contribution in [3.8, 4) is 0 Å². The number of halogens is 1. The van der Waals surface area contributed by atoms with Crippen molar-refractivity contribution in [1.82, 2.24) is 4.90 Å². The molecule has 1 nitrogen and oxygen atoms in total. The van der Waals surface area contributed by atoms with Crippen LogP contribution >= 0.6 is 11.6 Å². The van der Waals surface area contributed by atoms with Gasteiger partial charge in [-0.1, -0.05) is 18.5 Å². The normalized spacial score (nSPS) is 12.8. The number of nitrogens with zero attached hydrogens (tertiary/aromatic N) is 1. The van der Waals surface area contributed by atoms with E-state index in [-0.39, 0.29) is 0 Å². The maximum atomic E-state index is 5.46. The maximum Gasteiger partial charge on any atom is 0.0198 e. The highest BCUT2D eigenvalue weighted by Gasteiger charge is 1.93. The van der Waals surface area contributed by atoms with Gasteiger partial charge in [-0.15, -0.1) is 0 Å². The fourth-order valence-corrected chi connectivity index (χ4v) is 0.641. The van der Waals surface area contributed by atoms with Gasteiger partial charge in [0.25, 0.3) is 0 Å². The van der Waals surface area contributed by atoms with Crippen LogP contribution in [0.4, 0.5) is 0 Å². The van der Waals surface area contributed by atoms with Crippen molar-refractivity contribution in [2.45, 2.75) is 13.8 Å². The topological polar surface area (TPSA) is 3.24 Å². The van der Waals surface area contributed by atoms with Crippen LogP contribution in [0.25, 0.3) is 0 Å². The summed E-state index contributed by atoms with van der Waals surface area (Å²) in [5, 5.41) is 0. The molecule has 2 heteroatoms. The summed E-state index contributed by atoms with van der Waals surface area (Å²) in [6.45, 7) is 6.20. The Morgan fingerprint density at radius 3 is 2.56 bits per heavy atom. The minimum atomic E-state index is 0.972. The molecule has 0 aliphatic rings. The van der Waals surface area contributed by atoms with E-state index in [9.17, 15) is 0 Å². The summed E-state index contributed by atoms with van der Waals surface area (Å²) in [6, 6.07) is 0. The smallest absolute Gasteiger partial charge is 0.0198 e. The second-order valence-corrected chi connectivity index (χ2v) is 2.50. The Morgan fingerprint density at radius 2 is 2.22 bits per heavy atom. The molecule has 0 heterocycles. The monoisotopic (exact) mass is 147 g/mol. The number of likely N-dealkylation sites (N-methyl/N-ethyl adjacent to an activating group) is 1. The van der Waals surface area contributed by atoms with Crippen LogP contribution in [-0.4, -0.2) is 25.0 Å². The molecule has 0 aromatic rings. The quantitative estimate of drug-likeness (QED) is 0.591. The SMILES string of the molecule is CCN(C)C/C(C)=C\Cl. The molecule has 0 aliphatic carbocycles. The summed E-state index contributed by atoms with van der Waals surface area (Å²) >= 11 is 5.46. The van der Waals surface area contributed by atoms with Gasteiger partial charge in [0.15, 0.2) is 0 Å². The van der Waals surface area contributed by atoms with E-state index in [0.717, 1.165) is 13.1 Å². The third-order valence-corrected chi connectivity index (χ3v) is 1.62. The molecule has 0 saturated carbocycles. The molecule has 54 valence electrons. The van der Waals surface area contributed by atoms with Gasteiger partial charge in [-0.25, -0.2) is 0 Å². The molecule has 0 rings (SSSR count). The van der Waals surface area contributed by atoms with Gasteiger partial charge in [0.05, 0.1) is 0 Å². The average molecular weight is 148 g/mol. The van der Waals surface area contributed by atoms with Crippen molar-refractivity contribution in [1.29, 1.82) is 0 Å². The number of rotatable bonds is 3. The molecule has 0 radical (unpaired) electrons. The predicted molar refractivity (Wildman–Crippen MR) is 42.8 cm³/mol. The Kier molecular flexibility index (Phi) is 4.83. The van der Waals surface area contributed by atoms with E-state index in [1.807, 2.05) is 6.92 Å². The molecule has 9 heavy (non-hydrogen) atoms. The van der Waals surface area contributed by atoms with Crippen molar-refractivity contribution in [2.75, 3.05) is 20.1 Å². The van der Waals surface area contributed by atoms with Crippen LogP contribution in [0.5, 0.6) is 0 Å². The van der Waals surface area contributed by atoms with Crippen molar-refractivity contribution in [3.05, 3.63) is 11.1 Å². The first kappa shape index (κ1) is 8.99. The lowest BCUT2D eigenvalue weighted by molar-refractivity contribution is 0.383. The van der Waals surface area contributed by atoms with E-state index in [1.165, 1.54) is 5.57 Å². The lowest BCUT2D eigenvalue weighted by Crippen LogP contribution is -2.19. The van der Waals surface area contributed by atoms with Gasteiger partial charge in [0.2, 0.25) is 0 Å². The van der Waals surface area contributed by atoms with Crippen molar-refractivity contribution in [2.24, 2.45) is 0 Å². The third-order valence-electron chi connectivity index (χ3n) is 1.25. The molecule has 0 amide bonds. The number of hydrogen-bond donors (Lipinski definition) is 0. The standard InChI is InChI=1S/C7H14ClN/c1-4-9(3)6-7(2)5-8/h5H,4,6H2,1-3H3/b7-5-. The highest BCUT2D eigenvalue weighted by molar-refractivity contribution is 6.25. The first-order valence-corrected chi connectivity index (χ1v) is 3.58. The highest BCUT2D eigenvalue weighted by atomic mass is 35.5. The minimum absolute atomic E-state index is 0.972. The molecular formula is C7H14ClN. The zero-order valence-corrected chi connectivity index (χ0v) is 7.07. The molecule has 0 aromatic carbocycles. The van der Waals surface area contributed by atoms with Gasteiger partial charge in [-0.2, -0.15) is 0 Å². The van der Waals surface area contributed by atoms with Crippen molar-refractivity contribution >= 4 is 11.6 Å². The fraction of sp³-hybridized carbons (Fsp3) is 0.714.